The molecule has 28 heavy (non-hydrogen) atoms. The first-order valence-electron chi connectivity index (χ1n) is 8.69. The van der Waals surface area contributed by atoms with E-state index in [1.165, 1.54) is 16.2 Å². The molecule has 1 fully saturated rings. The third-order valence-electron chi connectivity index (χ3n) is 4.72. The van der Waals surface area contributed by atoms with Crippen LogP contribution in [0.4, 0.5) is 5.69 Å². The van der Waals surface area contributed by atoms with Crippen LogP contribution in [0.2, 0.25) is 0 Å². The van der Waals surface area contributed by atoms with Gasteiger partial charge in [0.2, 0.25) is 11.8 Å². The van der Waals surface area contributed by atoms with E-state index in [2.05, 4.69) is 25.9 Å². The Morgan fingerprint density at radius 2 is 2.21 bits per heavy atom. The third-order valence-corrected chi connectivity index (χ3v) is 6.12. The van der Waals surface area contributed by atoms with Crippen molar-refractivity contribution in [2.24, 2.45) is 5.92 Å². The van der Waals surface area contributed by atoms with Gasteiger partial charge in [0.05, 0.1) is 18.0 Å². The van der Waals surface area contributed by atoms with Crippen LogP contribution in [0.1, 0.15) is 12.2 Å². The zero-order valence-corrected chi connectivity index (χ0v) is 17.4. The van der Waals surface area contributed by atoms with E-state index in [0.29, 0.717) is 22.6 Å². The molecule has 2 amide bonds. The molecule has 1 aliphatic heterocycles. The van der Waals surface area contributed by atoms with Gasteiger partial charge in [-0.1, -0.05) is 22.0 Å². The van der Waals surface area contributed by atoms with E-state index in [0.717, 1.165) is 10.2 Å². The molecule has 0 aliphatic carbocycles. The number of amides is 2. The first kappa shape index (κ1) is 18.8. The normalized spacial score (nSPS) is 16.7. The van der Waals surface area contributed by atoms with Crippen molar-refractivity contribution in [1.82, 2.24) is 14.9 Å². The van der Waals surface area contributed by atoms with Gasteiger partial charge >= 0.3 is 0 Å². The van der Waals surface area contributed by atoms with E-state index in [1.807, 2.05) is 29.6 Å². The zero-order valence-electron chi connectivity index (χ0n) is 15.0. The summed E-state index contributed by atoms with van der Waals surface area (Å²) in [5.41, 5.74) is 1.19. The summed E-state index contributed by atoms with van der Waals surface area (Å²) in [5.74, 6) is -0.206. The monoisotopic (exact) mass is 460 g/mol. The van der Waals surface area contributed by atoms with Gasteiger partial charge in [-0.3, -0.25) is 14.4 Å². The molecule has 144 valence electrons. The first-order valence-corrected chi connectivity index (χ1v) is 10.4. The Morgan fingerprint density at radius 1 is 1.39 bits per heavy atom. The van der Waals surface area contributed by atoms with Gasteiger partial charge in [-0.2, -0.15) is 0 Å². The number of aromatic amines is 1. The standard InChI is InChI=1S/C19H17BrN4O3S/c1-23(10-15-21-14-5-6-28-17(14)18(26)22-15)19(27)11-7-16(25)24(9-11)13-4-2-3-12(20)8-13/h2-6,8,11H,7,9-10H2,1H3,(H,21,22,26)/t11-/m0/s1. The second kappa shape index (κ2) is 7.48. The predicted molar refractivity (Wildman–Crippen MR) is 111 cm³/mol. The molecule has 1 saturated heterocycles. The molecule has 7 nitrogen and oxygen atoms in total. The van der Waals surface area contributed by atoms with E-state index in [9.17, 15) is 14.4 Å². The lowest BCUT2D eigenvalue weighted by molar-refractivity contribution is -0.135. The van der Waals surface area contributed by atoms with Gasteiger partial charge < -0.3 is 14.8 Å². The van der Waals surface area contributed by atoms with E-state index >= 15 is 0 Å². The van der Waals surface area contributed by atoms with Crippen LogP contribution in [-0.2, 0) is 16.1 Å². The Labute approximate surface area is 173 Å². The number of rotatable bonds is 4. The topological polar surface area (TPSA) is 86.4 Å². The van der Waals surface area contributed by atoms with Gasteiger partial charge in [-0.15, -0.1) is 11.3 Å². The number of carbonyl (C=O) groups is 2. The van der Waals surface area contributed by atoms with Crippen LogP contribution in [0, 0.1) is 5.92 Å². The Morgan fingerprint density at radius 3 is 3.00 bits per heavy atom. The lowest BCUT2D eigenvalue weighted by Crippen LogP contribution is -2.35. The Bertz CT molecular complexity index is 1130. The number of anilines is 1. The van der Waals surface area contributed by atoms with Crippen molar-refractivity contribution >= 4 is 55.0 Å². The van der Waals surface area contributed by atoms with E-state index in [1.54, 1.807) is 18.0 Å². The minimum Gasteiger partial charge on any atom is -0.338 e. The van der Waals surface area contributed by atoms with Crippen LogP contribution in [0.5, 0.6) is 0 Å². The zero-order chi connectivity index (χ0) is 19.8. The first-order chi connectivity index (χ1) is 13.4. The summed E-state index contributed by atoms with van der Waals surface area (Å²) in [6.07, 6.45) is 0.170. The Balaban J connectivity index is 1.47. The maximum Gasteiger partial charge on any atom is 0.268 e. The molecule has 0 bridgehead atoms. The number of hydrogen-bond acceptors (Lipinski definition) is 5. The summed E-state index contributed by atoms with van der Waals surface area (Å²) in [4.78, 5) is 47.7. The number of H-pyrrole nitrogens is 1. The lowest BCUT2D eigenvalue weighted by Gasteiger charge is -2.21. The maximum absolute atomic E-state index is 12.9. The summed E-state index contributed by atoms with van der Waals surface area (Å²) in [7, 11) is 1.66. The van der Waals surface area contributed by atoms with Crippen molar-refractivity contribution in [1.29, 1.82) is 0 Å². The smallest absolute Gasteiger partial charge is 0.268 e. The summed E-state index contributed by atoms with van der Waals surface area (Å²) in [6, 6.07) is 9.24. The molecule has 0 spiro atoms. The highest BCUT2D eigenvalue weighted by molar-refractivity contribution is 9.10. The van der Waals surface area contributed by atoms with Gasteiger partial charge in [-0.25, -0.2) is 4.98 Å². The fraction of sp³-hybridized carbons (Fsp3) is 0.263. The minimum atomic E-state index is -0.423. The Hall–Kier alpha value is -2.52. The van der Waals surface area contributed by atoms with Crippen molar-refractivity contribution < 1.29 is 9.59 Å². The fourth-order valence-corrected chi connectivity index (χ4v) is 4.49. The summed E-state index contributed by atoms with van der Waals surface area (Å²) < 4.78 is 1.45. The number of nitrogens with zero attached hydrogens (tertiary/aromatic N) is 3. The maximum atomic E-state index is 12.9. The van der Waals surface area contributed by atoms with E-state index < -0.39 is 5.92 Å². The molecule has 3 aromatic rings. The highest BCUT2D eigenvalue weighted by Gasteiger charge is 2.36. The molecule has 0 unspecified atom stereocenters. The van der Waals surface area contributed by atoms with Gasteiger partial charge in [0, 0.05) is 30.2 Å². The molecule has 1 atom stereocenters. The summed E-state index contributed by atoms with van der Waals surface area (Å²) in [5, 5.41) is 1.81. The molecule has 1 N–H and O–H groups in total. The van der Waals surface area contributed by atoms with Crippen molar-refractivity contribution in [3.05, 3.63) is 56.4 Å². The number of benzene rings is 1. The quantitative estimate of drug-likeness (QED) is 0.648. The van der Waals surface area contributed by atoms with Crippen LogP contribution in [0.3, 0.4) is 0 Å². The van der Waals surface area contributed by atoms with E-state index in [-0.39, 0.29) is 30.3 Å². The molecule has 0 saturated carbocycles. The molecule has 4 rings (SSSR count). The minimum absolute atomic E-state index is 0.0731. The van der Waals surface area contributed by atoms with Gasteiger partial charge in [0.15, 0.2) is 0 Å². The van der Waals surface area contributed by atoms with Gasteiger partial charge in [0.25, 0.3) is 5.56 Å². The number of halogens is 1. The summed E-state index contributed by atoms with van der Waals surface area (Å²) in [6.45, 7) is 0.521. The third kappa shape index (κ3) is 3.59. The van der Waals surface area contributed by atoms with Crippen molar-refractivity contribution in [3.63, 3.8) is 0 Å². The highest BCUT2D eigenvalue weighted by Crippen LogP contribution is 2.28. The van der Waals surface area contributed by atoms with Crippen LogP contribution >= 0.6 is 27.3 Å². The van der Waals surface area contributed by atoms with Crippen molar-refractivity contribution in [3.8, 4) is 0 Å². The van der Waals surface area contributed by atoms with Crippen LogP contribution < -0.4 is 10.5 Å². The van der Waals surface area contributed by atoms with Crippen LogP contribution in [0.25, 0.3) is 10.2 Å². The number of nitrogens with one attached hydrogen (secondary N) is 1. The number of aromatic nitrogens is 2. The summed E-state index contributed by atoms with van der Waals surface area (Å²) >= 11 is 4.74. The largest absolute Gasteiger partial charge is 0.338 e. The van der Waals surface area contributed by atoms with Crippen LogP contribution in [0.15, 0.2) is 45.0 Å². The molecule has 3 heterocycles. The van der Waals surface area contributed by atoms with Crippen molar-refractivity contribution in [2.75, 3.05) is 18.5 Å². The average molecular weight is 461 g/mol. The molecule has 9 heteroatoms. The van der Waals surface area contributed by atoms with E-state index in [4.69, 9.17) is 0 Å². The second-order valence-corrected chi connectivity index (χ2v) is 8.56. The fourth-order valence-electron chi connectivity index (χ4n) is 3.38. The molecular formula is C19H17BrN4O3S. The lowest BCUT2D eigenvalue weighted by atomic mass is 10.1. The predicted octanol–water partition coefficient (Wildman–Crippen LogP) is 2.76. The highest BCUT2D eigenvalue weighted by atomic mass is 79.9. The van der Waals surface area contributed by atoms with Gasteiger partial charge in [0.1, 0.15) is 10.5 Å². The Kier molecular flexibility index (Phi) is 5.03. The van der Waals surface area contributed by atoms with Crippen LogP contribution in [-0.4, -0.2) is 40.3 Å². The number of carbonyl (C=O) groups excluding carboxylic acids is 2. The molecular weight excluding hydrogens is 444 g/mol. The molecule has 0 radical (unpaired) electrons. The molecule has 2 aromatic heterocycles. The number of hydrogen-bond donors (Lipinski definition) is 1. The second-order valence-electron chi connectivity index (χ2n) is 6.73. The SMILES string of the molecule is CN(Cc1nc2ccsc2c(=O)[nH]1)C(=O)[C@H]1CC(=O)N(c2cccc(Br)c2)C1. The average Bonchev–Trinajstić information content (AvgIpc) is 3.28. The van der Waals surface area contributed by atoms with Crippen molar-refractivity contribution in [2.45, 2.75) is 13.0 Å². The molecule has 1 aromatic carbocycles. The number of fused-ring (bicyclic) bond motifs is 1. The number of thiophene rings is 1. The van der Waals surface area contributed by atoms with Gasteiger partial charge in [-0.05, 0) is 29.6 Å². The molecule has 1 aliphatic rings.